The quantitative estimate of drug-likeness (QED) is 0.672. The van der Waals surface area contributed by atoms with Gasteiger partial charge in [-0.1, -0.05) is 12.1 Å². The van der Waals surface area contributed by atoms with Crippen LogP contribution in [-0.4, -0.2) is 6.54 Å². The van der Waals surface area contributed by atoms with Gasteiger partial charge in [0.05, 0.1) is 0 Å². The van der Waals surface area contributed by atoms with Crippen LogP contribution in [0, 0.1) is 12.7 Å². The van der Waals surface area contributed by atoms with Crippen LogP contribution in [-0.2, 0) is 0 Å². The van der Waals surface area contributed by atoms with E-state index in [1.165, 1.54) is 0 Å². The SMILES string of the molecule is Cc1ccc([C@@H]2CCN2)c(F)c1. The maximum absolute atomic E-state index is 13.3. The molecule has 12 heavy (non-hydrogen) atoms. The number of hydrogen-bond donors (Lipinski definition) is 1. The smallest absolute Gasteiger partial charge is 0.128 e. The minimum Gasteiger partial charge on any atom is -0.310 e. The maximum atomic E-state index is 13.3. The van der Waals surface area contributed by atoms with Crippen molar-refractivity contribution in [1.82, 2.24) is 5.32 Å². The maximum Gasteiger partial charge on any atom is 0.128 e. The van der Waals surface area contributed by atoms with Crippen LogP contribution in [0.3, 0.4) is 0 Å². The molecule has 0 bridgehead atoms. The van der Waals surface area contributed by atoms with Crippen molar-refractivity contribution in [2.24, 2.45) is 0 Å². The van der Waals surface area contributed by atoms with Crippen LogP contribution < -0.4 is 5.32 Å². The molecule has 1 atom stereocenters. The first kappa shape index (κ1) is 7.74. The van der Waals surface area contributed by atoms with E-state index < -0.39 is 0 Å². The first-order chi connectivity index (χ1) is 5.77. The summed E-state index contributed by atoms with van der Waals surface area (Å²) in [5, 5.41) is 3.18. The number of rotatable bonds is 1. The van der Waals surface area contributed by atoms with Crippen molar-refractivity contribution < 1.29 is 4.39 Å². The lowest BCUT2D eigenvalue weighted by Crippen LogP contribution is -2.35. The minimum atomic E-state index is -0.0767. The largest absolute Gasteiger partial charge is 0.310 e. The third-order valence-corrected chi connectivity index (χ3v) is 2.36. The third-order valence-electron chi connectivity index (χ3n) is 2.36. The second-order valence-electron chi connectivity index (χ2n) is 3.32. The number of halogens is 1. The summed E-state index contributed by atoms with van der Waals surface area (Å²) in [4.78, 5) is 0. The molecule has 0 amide bonds. The molecule has 64 valence electrons. The lowest BCUT2D eigenvalue weighted by Gasteiger charge is -2.28. The molecule has 1 aliphatic rings. The van der Waals surface area contributed by atoms with Gasteiger partial charge < -0.3 is 5.32 Å². The molecule has 0 unspecified atom stereocenters. The van der Waals surface area contributed by atoms with Gasteiger partial charge in [-0.25, -0.2) is 4.39 Å². The number of aryl methyl sites for hydroxylation is 1. The number of nitrogens with one attached hydrogen (secondary N) is 1. The van der Waals surface area contributed by atoms with E-state index in [-0.39, 0.29) is 11.9 Å². The molecule has 1 nitrogen and oxygen atoms in total. The Labute approximate surface area is 71.6 Å². The Balaban J connectivity index is 2.31. The standard InChI is InChI=1S/C10H12FN/c1-7-2-3-8(9(11)6-7)10-4-5-12-10/h2-3,6,10,12H,4-5H2,1H3/t10-/m0/s1. The Morgan fingerprint density at radius 1 is 1.50 bits per heavy atom. The van der Waals surface area contributed by atoms with E-state index in [2.05, 4.69) is 5.32 Å². The molecule has 1 aromatic rings. The summed E-state index contributed by atoms with van der Waals surface area (Å²) >= 11 is 0. The molecule has 0 saturated carbocycles. The van der Waals surface area contributed by atoms with Gasteiger partial charge in [0.25, 0.3) is 0 Å². The Hall–Kier alpha value is -0.890. The van der Waals surface area contributed by atoms with E-state index in [9.17, 15) is 4.39 Å². The highest BCUT2D eigenvalue weighted by atomic mass is 19.1. The van der Waals surface area contributed by atoms with Gasteiger partial charge in [0.2, 0.25) is 0 Å². The normalized spacial score (nSPS) is 22.0. The zero-order valence-electron chi connectivity index (χ0n) is 7.10. The fourth-order valence-electron chi connectivity index (χ4n) is 1.47. The highest BCUT2D eigenvalue weighted by Crippen LogP contribution is 2.25. The predicted octanol–water partition coefficient (Wildman–Crippen LogP) is 2.17. The molecule has 2 rings (SSSR count). The molecule has 0 radical (unpaired) electrons. The van der Waals surface area contributed by atoms with Crippen molar-refractivity contribution in [2.75, 3.05) is 6.54 Å². The second-order valence-corrected chi connectivity index (χ2v) is 3.32. The highest BCUT2D eigenvalue weighted by molar-refractivity contribution is 5.27. The molecule has 0 aliphatic carbocycles. The van der Waals surface area contributed by atoms with E-state index in [4.69, 9.17) is 0 Å². The first-order valence-corrected chi connectivity index (χ1v) is 4.27. The Kier molecular flexibility index (Phi) is 1.85. The molecule has 1 aromatic carbocycles. The average Bonchev–Trinajstić information content (AvgIpc) is 1.91. The molecule has 2 heteroatoms. The molecule has 1 aliphatic heterocycles. The third kappa shape index (κ3) is 1.23. The van der Waals surface area contributed by atoms with Crippen LogP contribution >= 0.6 is 0 Å². The van der Waals surface area contributed by atoms with Crippen molar-refractivity contribution in [3.63, 3.8) is 0 Å². The van der Waals surface area contributed by atoms with Gasteiger partial charge in [0.15, 0.2) is 0 Å². The second kappa shape index (κ2) is 2.87. The van der Waals surface area contributed by atoms with Crippen LogP contribution in [0.4, 0.5) is 4.39 Å². The van der Waals surface area contributed by atoms with E-state index in [0.717, 1.165) is 24.1 Å². The van der Waals surface area contributed by atoms with E-state index in [1.54, 1.807) is 6.07 Å². The topological polar surface area (TPSA) is 12.0 Å². The van der Waals surface area contributed by atoms with Gasteiger partial charge in [-0.05, 0) is 31.5 Å². The summed E-state index contributed by atoms with van der Waals surface area (Å²) < 4.78 is 13.3. The van der Waals surface area contributed by atoms with Crippen LogP contribution in [0.25, 0.3) is 0 Å². The highest BCUT2D eigenvalue weighted by Gasteiger charge is 2.21. The van der Waals surface area contributed by atoms with Crippen LogP contribution in [0.5, 0.6) is 0 Å². The molecule has 0 spiro atoms. The van der Waals surface area contributed by atoms with Gasteiger partial charge in [-0.15, -0.1) is 0 Å². The minimum absolute atomic E-state index is 0.0767. The molecular weight excluding hydrogens is 153 g/mol. The summed E-state index contributed by atoms with van der Waals surface area (Å²) in [5.41, 5.74) is 1.79. The summed E-state index contributed by atoms with van der Waals surface area (Å²) in [5.74, 6) is -0.0767. The van der Waals surface area contributed by atoms with Gasteiger partial charge >= 0.3 is 0 Å². The van der Waals surface area contributed by atoms with Gasteiger partial charge in [-0.2, -0.15) is 0 Å². The summed E-state index contributed by atoms with van der Waals surface area (Å²) in [6.07, 6.45) is 1.06. The zero-order chi connectivity index (χ0) is 8.55. The van der Waals surface area contributed by atoms with Crippen LogP contribution in [0.15, 0.2) is 18.2 Å². The summed E-state index contributed by atoms with van der Waals surface area (Å²) in [6.45, 7) is 2.92. The average molecular weight is 165 g/mol. The summed E-state index contributed by atoms with van der Waals surface area (Å²) in [7, 11) is 0. The summed E-state index contributed by atoms with van der Waals surface area (Å²) in [6, 6.07) is 5.68. The molecule has 1 heterocycles. The molecule has 1 fully saturated rings. The van der Waals surface area contributed by atoms with Crippen molar-refractivity contribution in [3.05, 3.63) is 35.1 Å². The number of benzene rings is 1. The number of hydrogen-bond acceptors (Lipinski definition) is 1. The fourth-order valence-corrected chi connectivity index (χ4v) is 1.47. The van der Waals surface area contributed by atoms with Gasteiger partial charge in [-0.3, -0.25) is 0 Å². The zero-order valence-corrected chi connectivity index (χ0v) is 7.10. The molecular formula is C10H12FN. The first-order valence-electron chi connectivity index (χ1n) is 4.27. The van der Waals surface area contributed by atoms with Crippen LogP contribution in [0.2, 0.25) is 0 Å². The van der Waals surface area contributed by atoms with E-state index >= 15 is 0 Å². The monoisotopic (exact) mass is 165 g/mol. The van der Waals surface area contributed by atoms with Crippen molar-refractivity contribution in [3.8, 4) is 0 Å². The predicted molar refractivity (Wildman–Crippen MR) is 46.5 cm³/mol. The van der Waals surface area contributed by atoms with Gasteiger partial charge in [0, 0.05) is 11.6 Å². The Bertz CT molecular complexity index is 292. The fraction of sp³-hybridized carbons (Fsp3) is 0.400. The molecule has 1 N–H and O–H groups in total. The van der Waals surface area contributed by atoms with E-state index in [0.29, 0.717) is 0 Å². The Morgan fingerprint density at radius 3 is 2.75 bits per heavy atom. The molecule has 0 aromatic heterocycles. The van der Waals surface area contributed by atoms with Crippen molar-refractivity contribution in [1.29, 1.82) is 0 Å². The van der Waals surface area contributed by atoms with Crippen molar-refractivity contribution >= 4 is 0 Å². The lowest BCUT2D eigenvalue weighted by molar-refractivity contribution is 0.370. The Morgan fingerprint density at radius 2 is 2.25 bits per heavy atom. The van der Waals surface area contributed by atoms with Crippen LogP contribution in [0.1, 0.15) is 23.6 Å². The van der Waals surface area contributed by atoms with E-state index in [1.807, 2.05) is 19.1 Å². The lowest BCUT2D eigenvalue weighted by atomic mass is 9.97. The molecule has 1 saturated heterocycles. The van der Waals surface area contributed by atoms with Gasteiger partial charge in [0.1, 0.15) is 5.82 Å². The van der Waals surface area contributed by atoms with Crippen molar-refractivity contribution in [2.45, 2.75) is 19.4 Å².